The molecular weight excluding hydrogens is 330 g/mol. The lowest BCUT2D eigenvalue weighted by atomic mass is 9.68. The highest BCUT2D eigenvalue weighted by molar-refractivity contribution is 6.04. The van der Waals surface area contributed by atoms with Crippen LogP contribution >= 0.6 is 0 Å². The fourth-order valence-corrected chi connectivity index (χ4v) is 4.03. The molecule has 1 N–H and O–H groups in total. The second-order valence-electron chi connectivity index (χ2n) is 7.96. The third-order valence-electron chi connectivity index (χ3n) is 5.32. The maximum Gasteiger partial charge on any atom is 0.336 e. The van der Waals surface area contributed by atoms with Crippen molar-refractivity contribution in [1.82, 2.24) is 15.1 Å². The van der Waals surface area contributed by atoms with Crippen molar-refractivity contribution in [2.75, 3.05) is 6.61 Å². The van der Waals surface area contributed by atoms with Crippen LogP contribution in [0.2, 0.25) is 0 Å². The van der Waals surface area contributed by atoms with Crippen molar-refractivity contribution in [3.8, 4) is 0 Å². The van der Waals surface area contributed by atoms with Crippen molar-refractivity contribution < 1.29 is 14.3 Å². The Morgan fingerprint density at radius 2 is 2.08 bits per heavy atom. The molecular formula is C20H27N3O3. The van der Waals surface area contributed by atoms with Crippen molar-refractivity contribution >= 4 is 11.8 Å². The van der Waals surface area contributed by atoms with Crippen molar-refractivity contribution in [2.45, 2.75) is 53.4 Å². The number of aromatic nitrogens is 2. The van der Waals surface area contributed by atoms with Gasteiger partial charge < -0.3 is 10.1 Å². The Morgan fingerprint density at radius 1 is 1.38 bits per heavy atom. The molecule has 1 atom stereocenters. The predicted molar refractivity (Wildman–Crippen MR) is 98.2 cm³/mol. The number of ketones is 1. The number of nitrogens with zero attached hydrogens (tertiary/aromatic N) is 2. The molecule has 1 aliphatic carbocycles. The predicted octanol–water partition coefficient (Wildman–Crippen LogP) is 2.90. The van der Waals surface area contributed by atoms with E-state index in [0.717, 1.165) is 29.1 Å². The molecule has 0 saturated heterocycles. The van der Waals surface area contributed by atoms with Gasteiger partial charge in [0.1, 0.15) is 0 Å². The monoisotopic (exact) mass is 357 g/mol. The fourth-order valence-electron chi connectivity index (χ4n) is 4.03. The number of carbonyl (C=O) groups excluding carboxylic acids is 2. The summed E-state index contributed by atoms with van der Waals surface area (Å²) in [5.74, 6) is -0.719. The van der Waals surface area contributed by atoms with E-state index in [4.69, 9.17) is 4.74 Å². The maximum atomic E-state index is 13.1. The molecule has 2 heterocycles. The van der Waals surface area contributed by atoms with Gasteiger partial charge in [0, 0.05) is 41.7 Å². The van der Waals surface area contributed by atoms with Crippen molar-refractivity contribution in [3.05, 3.63) is 40.0 Å². The molecule has 2 aliphatic rings. The molecule has 3 rings (SSSR count). The number of carbonyl (C=O) groups is 2. The van der Waals surface area contributed by atoms with Crippen LogP contribution in [0.3, 0.4) is 0 Å². The van der Waals surface area contributed by atoms with Crippen LogP contribution in [0, 0.1) is 12.3 Å². The molecule has 26 heavy (non-hydrogen) atoms. The van der Waals surface area contributed by atoms with Gasteiger partial charge in [-0.25, -0.2) is 4.79 Å². The Kier molecular flexibility index (Phi) is 4.54. The van der Waals surface area contributed by atoms with E-state index >= 15 is 0 Å². The summed E-state index contributed by atoms with van der Waals surface area (Å²) in [6.45, 7) is 10.1. The average molecular weight is 357 g/mol. The second kappa shape index (κ2) is 6.41. The smallest absolute Gasteiger partial charge is 0.336 e. The summed E-state index contributed by atoms with van der Waals surface area (Å²) < 4.78 is 7.08. The number of hydrogen-bond donors (Lipinski definition) is 1. The highest BCUT2D eigenvalue weighted by Gasteiger charge is 2.43. The summed E-state index contributed by atoms with van der Waals surface area (Å²) in [5.41, 5.74) is 4.60. The van der Waals surface area contributed by atoms with Crippen molar-refractivity contribution in [3.63, 3.8) is 0 Å². The van der Waals surface area contributed by atoms with Gasteiger partial charge in [0.25, 0.3) is 0 Å². The Morgan fingerprint density at radius 3 is 2.65 bits per heavy atom. The van der Waals surface area contributed by atoms with Crippen LogP contribution in [0.4, 0.5) is 0 Å². The molecule has 0 radical (unpaired) electrons. The van der Waals surface area contributed by atoms with E-state index in [1.54, 1.807) is 17.8 Å². The SMILES string of the molecule is CCOC(=O)C1=C(C)NC2=C(C(=O)CC(C)(C)C2)C1c1cnn(C)c1C. The van der Waals surface area contributed by atoms with Crippen molar-refractivity contribution in [2.24, 2.45) is 12.5 Å². The number of nitrogens with one attached hydrogen (secondary N) is 1. The lowest BCUT2D eigenvalue weighted by molar-refractivity contribution is -0.138. The lowest BCUT2D eigenvalue weighted by Crippen LogP contribution is -2.38. The first-order valence-electron chi connectivity index (χ1n) is 9.06. The highest BCUT2D eigenvalue weighted by atomic mass is 16.5. The third kappa shape index (κ3) is 2.97. The molecule has 6 heteroatoms. The summed E-state index contributed by atoms with van der Waals surface area (Å²) >= 11 is 0. The van der Waals surface area contributed by atoms with Gasteiger partial charge in [-0.15, -0.1) is 0 Å². The second-order valence-corrected chi connectivity index (χ2v) is 7.96. The number of esters is 1. The van der Waals surface area contributed by atoms with E-state index in [1.165, 1.54) is 0 Å². The van der Waals surface area contributed by atoms with Gasteiger partial charge in [0.15, 0.2) is 5.78 Å². The molecule has 0 aromatic carbocycles. The summed E-state index contributed by atoms with van der Waals surface area (Å²) in [6.07, 6.45) is 3.01. The minimum absolute atomic E-state index is 0.0892. The molecule has 1 aliphatic heterocycles. The van der Waals surface area contributed by atoms with Gasteiger partial charge in [0.05, 0.1) is 24.3 Å². The van der Waals surface area contributed by atoms with Gasteiger partial charge in [-0.2, -0.15) is 5.10 Å². The van der Waals surface area contributed by atoms with Crippen LogP contribution in [-0.4, -0.2) is 28.1 Å². The van der Waals surface area contributed by atoms with Gasteiger partial charge in [-0.3, -0.25) is 9.48 Å². The molecule has 0 saturated carbocycles. The van der Waals surface area contributed by atoms with Crippen LogP contribution in [0.1, 0.15) is 57.7 Å². The zero-order valence-electron chi connectivity index (χ0n) is 16.4. The lowest BCUT2D eigenvalue weighted by Gasteiger charge is -2.39. The molecule has 1 unspecified atom stereocenters. The van der Waals surface area contributed by atoms with Crippen molar-refractivity contribution in [1.29, 1.82) is 0 Å². The minimum Gasteiger partial charge on any atom is -0.463 e. The number of hydrogen-bond acceptors (Lipinski definition) is 5. The van der Waals surface area contributed by atoms with Crippen LogP contribution < -0.4 is 5.32 Å². The summed E-state index contributed by atoms with van der Waals surface area (Å²) in [4.78, 5) is 25.8. The van der Waals surface area contributed by atoms with Gasteiger partial charge >= 0.3 is 5.97 Å². The minimum atomic E-state index is -0.428. The third-order valence-corrected chi connectivity index (χ3v) is 5.32. The number of rotatable bonds is 3. The summed E-state index contributed by atoms with van der Waals surface area (Å²) in [7, 11) is 1.86. The topological polar surface area (TPSA) is 73.2 Å². The zero-order valence-corrected chi connectivity index (χ0v) is 16.4. The average Bonchev–Trinajstić information content (AvgIpc) is 2.84. The number of allylic oxidation sites excluding steroid dienone is 3. The molecule has 0 fully saturated rings. The number of ether oxygens (including phenoxy) is 1. The Labute approximate surface area is 154 Å². The summed E-state index contributed by atoms with van der Waals surface area (Å²) in [6, 6.07) is 0. The quantitative estimate of drug-likeness (QED) is 0.842. The molecule has 6 nitrogen and oxygen atoms in total. The summed E-state index contributed by atoms with van der Waals surface area (Å²) in [5, 5.41) is 7.67. The van der Waals surface area contributed by atoms with E-state index in [-0.39, 0.29) is 17.2 Å². The van der Waals surface area contributed by atoms with E-state index in [9.17, 15) is 9.59 Å². The number of aryl methyl sites for hydroxylation is 1. The molecule has 140 valence electrons. The fraction of sp³-hybridized carbons (Fsp3) is 0.550. The van der Waals surface area contributed by atoms with Crippen LogP contribution in [0.25, 0.3) is 0 Å². The highest BCUT2D eigenvalue weighted by Crippen LogP contribution is 2.47. The van der Waals surface area contributed by atoms with Gasteiger partial charge in [-0.1, -0.05) is 13.8 Å². The van der Waals surface area contributed by atoms with E-state index in [1.807, 2.05) is 20.9 Å². The Balaban J connectivity index is 2.20. The van der Waals surface area contributed by atoms with Crippen LogP contribution in [0.15, 0.2) is 28.7 Å². The first-order valence-corrected chi connectivity index (χ1v) is 9.06. The Bertz CT molecular complexity index is 842. The zero-order chi connectivity index (χ0) is 19.2. The molecule has 0 bridgehead atoms. The number of Topliss-reactive ketones (excluding diaryl/α,β-unsaturated/α-hetero) is 1. The largest absolute Gasteiger partial charge is 0.463 e. The first kappa shape index (κ1) is 18.4. The molecule has 0 amide bonds. The molecule has 1 aromatic rings. The van der Waals surface area contributed by atoms with Crippen LogP contribution in [0.5, 0.6) is 0 Å². The van der Waals surface area contributed by atoms with Gasteiger partial charge in [-0.05, 0) is 32.6 Å². The van der Waals surface area contributed by atoms with Gasteiger partial charge in [0.2, 0.25) is 0 Å². The first-order chi connectivity index (χ1) is 12.2. The standard InChI is InChI=1S/C20H27N3O3/c1-7-26-19(25)16-11(2)22-14-8-20(4,5)9-15(24)18(14)17(16)13-10-21-23(6)12(13)3/h10,17,22H,7-9H2,1-6H3. The molecule has 1 aromatic heterocycles. The van der Waals surface area contributed by atoms with E-state index in [2.05, 4.69) is 24.3 Å². The van der Waals surface area contributed by atoms with E-state index < -0.39 is 5.92 Å². The Hall–Kier alpha value is -2.37. The normalized spacial score (nSPS) is 22.2. The van der Waals surface area contributed by atoms with E-state index in [0.29, 0.717) is 24.2 Å². The molecule has 0 spiro atoms. The maximum absolute atomic E-state index is 13.1. The number of dihydropyridines is 1. The van der Waals surface area contributed by atoms with Crippen LogP contribution in [-0.2, 0) is 21.4 Å².